The number of allylic oxidation sites excluding steroid dienone is 1. The average Bonchev–Trinajstić information content (AvgIpc) is 3.11. The smallest absolute Gasteiger partial charge is 0.334 e. The Bertz CT molecular complexity index is 694. The summed E-state index contributed by atoms with van der Waals surface area (Å²) in [5.74, 6) is -1.65. The third-order valence-corrected chi connectivity index (χ3v) is 6.15. The lowest BCUT2D eigenvalue weighted by Crippen LogP contribution is -2.47. The molecule has 2 N–H and O–H groups in total. The van der Waals surface area contributed by atoms with Crippen LogP contribution in [0.5, 0.6) is 0 Å². The summed E-state index contributed by atoms with van der Waals surface area (Å²) in [7, 11) is 0. The molecule has 3 rings (SSSR count). The number of epoxide rings is 1. The van der Waals surface area contributed by atoms with Crippen molar-refractivity contribution >= 4 is 11.9 Å². The molecule has 1 saturated carbocycles. The third kappa shape index (κ3) is 3.68. The Morgan fingerprint density at radius 1 is 1.37 bits per heavy atom. The quantitative estimate of drug-likeness (QED) is 0.424. The molecule has 7 nitrogen and oxygen atoms in total. The topological polar surface area (TPSA) is 106 Å². The molecule has 1 aliphatic carbocycles. The van der Waals surface area contributed by atoms with Crippen LogP contribution in [-0.2, 0) is 23.8 Å². The molecule has 0 aromatic heterocycles. The van der Waals surface area contributed by atoms with E-state index in [1.807, 2.05) is 6.92 Å². The maximum Gasteiger partial charge on any atom is 0.334 e. The van der Waals surface area contributed by atoms with Gasteiger partial charge in [0, 0.05) is 30.4 Å². The van der Waals surface area contributed by atoms with Crippen LogP contribution in [0.1, 0.15) is 47.0 Å². The average molecular weight is 380 g/mol. The van der Waals surface area contributed by atoms with E-state index in [0.29, 0.717) is 12.0 Å². The standard InChI is InChI=1S/C20H28O7/c1-6-10(2)17(22)25-13-9-20(5)15(27-20)7-14(21)19(4,24)8-12-16(13)11(3)18(23)26-12/h6,12-16,21,24H,3,7-9H2,1-2,4-5H3/b10-6-/t12-,13-,14+,15-,16+,19+,20+/m1/s1. The molecule has 0 unspecified atom stereocenters. The monoisotopic (exact) mass is 380 g/mol. The molecule has 0 spiro atoms. The van der Waals surface area contributed by atoms with E-state index in [9.17, 15) is 19.8 Å². The molecule has 0 aromatic rings. The summed E-state index contributed by atoms with van der Waals surface area (Å²) in [6.45, 7) is 10.6. The van der Waals surface area contributed by atoms with Gasteiger partial charge in [-0.3, -0.25) is 0 Å². The van der Waals surface area contributed by atoms with Crippen LogP contribution in [0.25, 0.3) is 0 Å². The number of aliphatic hydroxyl groups is 2. The fraction of sp³-hybridized carbons (Fsp3) is 0.700. The Morgan fingerprint density at radius 3 is 2.67 bits per heavy atom. The number of hydrogen-bond acceptors (Lipinski definition) is 7. The van der Waals surface area contributed by atoms with Crippen LogP contribution in [-0.4, -0.2) is 57.8 Å². The van der Waals surface area contributed by atoms with Gasteiger partial charge in [0.05, 0.1) is 29.3 Å². The number of carbonyl (C=O) groups excluding carboxylic acids is 2. The molecule has 150 valence electrons. The largest absolute Gasteiger partial charge is 0.458 e. The minimum atomic E-state index is -1.48. The summed E-state index contributed by atoms with van der Waals surface area (Å²) in [5.41, 5.74) is -1.42. The Morgan fingerprint density at radius 2 is 2.04 bits per heavy atom. The van der Waals surface area contributed by atoms with Crippen molar-refractivity contribution in [2.45, 2.75) is 82.6 Å². The zero-order chi connectivity index (χ0) is 20.1. The van der Waals surface area contributed by atoms with Gasteiger partial charge in [-0.15, -0.1) is 0 Å². The lowest BCUT2D eigenvalue weighted by molar-refractivity contribution is -0.153. The predicted molar refractivity (Wildman–Crippen MR) is 95.6 cm³/mol. The first-order valence-electron chi connectivity index (χ1n) is 9.30. The first kappa shape index (κ1) is 20.0. The van der Waals surface area contributed by atoms with Crippen LogP contribution < -0.4 is 0 Å². The predicted octanol–water partition coefficient (Wildman–Crippen LogP) is 1.42. The maximum atomic E-state index is 12.4. The van der Waals surface area contributed by atoms with E-state index in [2.05, 4.69) is 6.58 Å². The fourth-order valence-electron chi connectivity index (χ4n) is 4.04. The van der Waals surface area contributed by atoms with Gasteiger partial charge >= 0.3 is 11.9 Å². The number of ether oxygens (including phenoxy) is 3. The molecule has 2 saturated heterocycles. The summed E-state index contributed by atoms with van der Waals surface area (Å²) in [5, 5.41) is 21.2. The number of rotatable bonds is 2. The lowest BCUT2D eigenvalue weighted by atomic mass is 9.77. The lowest BCUT2D eigenvalue weighted by Gasteiger charge is -2.36. The number of aliphatic hydroxyl groups excluding tert-OH is 1. The van der Waals surface area contributed by atoms with Crippen LogP contribution in [0.15, 0.2) is 23.8 Å². The van der Waals surface area contributed by atoms with Crippen molar-refractivity contribution in [2.75, 3.05) is 0 Å². The van der Waals surface area contributed by atoms with Gasteiger partial charge in [0.1, 0.15) is 12.2 Å². The van der Waals surface area contributed by atoms with Crippen molar-refractivity contribution in [3.05, 3.63) is 23.8 Å². The minimum Gasteiger partial charge on any atom is -0.458 e. The third-order valence-electron chi connectivity index (χ3n) is 6.15. The summed E-state index contributed by atoms with van der Waals surface area (Å²) >= 11 is 0. The van der Waals surface area contributed by atoms with Crippen molar-refractivity contribution in [1.29, 1.82) is 0 Å². The molecule has 0 bridgehead atoms. The zero-order valence-electron chi connectivity index (χ0n) is 16.2. The van der Waals surface area contributed by atoms with Crippen LogP contribution >= 0.6 is 0 Å². The van der Waals surface area contributed by atoms with E-state index in [1.54, 1.807) is 19.9 Å². The maximum absolute atomic E-state index is 12.4. The van der Waals surface area contributed by atoms with Gasteiger partial charge < -0.3 is 24.4 Å². The van der Waals surface area contributed by atoms with E-state index in [-0.39, 0.29) is 24.5 Å². The molecule has 7 atom stereocenters. The zero-order valence-corrected chi connectivity index (χ0v) is 16.2. The fourth-order valence-corrected chi connectivity index (χ4v) is 4.04. The normalized spacial score (nSPS) is 44.8. The van der Waals surface area contributed by atoms with Crippen LogP contribution in [0.3, 0.4) is 0 Å². The van der Waals surface area contributed by atoms with Gasteiger partial charge in [0.25, 0.3) is 0 Å². The highest BCUT2D eigenvalue weighted by molar-refractivity contribution is 5.91. The first-order chi connectivity index (χ1) is 12.5. The van der Waals surface area contributed by atoms with Gasteiger partial charge in [0.2, 0.25) is 0 Å². The Hall–Kier alpha value is -1.70. The Balaban J connectivity index is 1.96. The second-order valence-electron chi connectivity index (χ2n) is 8.35. The first-order valence-corrected chi connectivity index (χ1v) is 9.30. The van der Waals surface area contributed by atoms with Crippen LogP contribution in [0.2, 0.25) is 0 Å². The highest BCUT2D eigenvalue weighted by Gasteiger charge is 2.60. The van der Waals surface area contributed by atoms with Crippen LogP contribution in [0, 0.1) is 5.92 Å². The van der Waals surface area contributed by atoms with Crippen molar-refractivity contribution in [3.8, 4) is 0 Å². The van der Waals surface area contributed by atoms with E-state index >= 15 is 0 Å². The summed E-state index contributed by atoms with van der Waals surface area (Å²) in [6, 6.07) is 0. The van der Waals surface area contributed by atoms with Gasteiger partial charge in [0.15, 0.2) is 0 Å². The Kier molecular flexibility index (Phi) is 4.99. The summed E-state index contributed by atoms with van der Waals surface area (Å²) in [4.78, 5) is 24.6. The SMILES string of the molecule is C=C1C(=O)O[C@@H]2C[C@](C)(O)[C@@H](O)C[C@H]3O[C@@]3(C)C[C@@H](OC(=O)/C(C)=C\C)[C@@H]12. The van der Waals surface area contributed by atoms with E-state index in [4.69, 9.17) is 14.2 Å². The van der Waals surface area contributed by atoms with Gasteiger partial charge in [-0.1, -0.05) is 12.7 Å². The van der Waals surface area contributed by atoms with Crippen molar-refractivity contribution in [2.24, 2.45) is 5.92 Å². The van der Waals surface area contributed by atoms with E-state index < -0.39 is 47.4 Å². The molecule has 2 heterocycles. The Labute approximate surface area is 159 Å². The molecule has 27 heavy (non-hydrogen) atoms. The molecule has 0 aromatic carbocycles. The number of hydrogen-bond donors (Lipinski definition) is 2. The van der Waals surface area contributed by atoms with Crippen molar-refractivity contribution in [1.82, 2.24) is 0 Å². The molecule has 7 heteroatoms. The van der Waals surface area contributed by atoms with E-state index in [1.165, 1.54) is 6.92 Å². The highest BCUT2D eigenvalue weighted by Crippen LogP contribution is 2.49. The van der Waals surface area contributed by atoms with Gasteiger partial charge in [-0.25, -0.2) is 9.59 Å². The highest BCUT2D eigenvalue weighted by atomic mass is 16.6. The molecular formula is C20H28O7. The second kappa shape index (κ2) is 6.72. The molecule has 3 fully saturated rings. The number of fused-ring (bicyclic) bond motifs is 2. The molecule has 3 aliphatic rings. The van der Waals surface area contributed by atoms with E-state index in [0.717, 1.165) is 0 Å². The summed E-state index contributed by atoms with van der Waals surface area (Å²) in [6.07, 6.45) is -0.424. The second-order valence-corrected chi connectivity index (χ2v) is 8.35. The minimum absolute atomic E-state index is 0.0175. The molecule has 0 amide bonds. The van der Waals surface area contributed by atoms with Crippen molar-refractivity contribution < 1.29 is 34.0 Å². The summed E-state index contributed by atoms with van der Waals surface area (Å²) < 4.78 is 16.9. The molecule has 0 radical (unpaired) electrons. The molecular weight excluding hydrogens is 352 g/mol. The number of carbonyl (C=O) groups is 2. The molecule has 2 aliphatic heterocycles. The van der Waals surface area contributed by atoms with Crippen molar-refractivity contribution in [3.63, 3.8) is 0 Å². The number of esters is 2. The van der Waals surface area contributed by atoms with Gasteiger partial charge in [-0.05, 0) is 27.7 Å². The van der Waals surface area contributed by atoms with Gasteiger partial charge in [-0.2, -0.15) is 0 Å². The van der Waals surface area contributed by atoms with Crippen LogP contribution in [0.4, 0.5) is 0 Å².